The zero-order valence-corrected chi connectivity index (χ0v) is 6.71. The van der Waals surface area contributed by atoms with Crippen LogP contribution in [0.25, 0.3) is 0 Å². The number of hydrogen-bond acceptors (Lipinski definition) is 0. The van der Waals surface area contributed by atoms with Gasteiger partial charge in [0, 0.05) is 8.96 Å². The van der Waals surface area contributed by atoms with Crippen LogP contribution in [-0.2, 0) is 0 Å². The van der Waals surface area contributed by atoms with Gasteiger partial charge in [0.2, 0.25) is 0 Å². The molecule has 0 unspecified atom stereocenters. The summed E-state index contributed by atoms with van der Waals surface area (Å²) in [6.45, 7) is 0. The molecule has 0 nitrogen and oxygen atoms in total. The predicted molar refractivity (Wildman–Crippen MR) is 37.3 cm³/mol. The highest BCUT2D eigenvalue weighted by molar-refractivity contribution is 9.15. The lowest BCUT2D eigenvalue weighted by molar-refractivity contribution is 1.39. The summed E-state index contributed by atoms with van der Waals surface area (Å²) in [6, 6.07) is 0. The molecule has 1 rings (SSSR count). The van der Waals surface area contributed by atoms with Crippen LogP contribution in [0, 0.1) is 6.08 Å². The Bertz CT molecular complexity index is 117. The van der Waals surface area contributed by atoms with Gasteiger partial charge < -0.3 is 0 Å². The first-order valence-electron chi connectivity index (χ1n) is 1.93. The van der Waals surface area contributed by atoms with Crippen molar-refractivity contribution in [1.29, 1.82) is 0 Å². The van der Waals surface area contributed by atoms with Crippen molar-refractivity contribution in [2.45, 2.75) is 6.42 Å². The average molecular weight is 223 g/mol. The van der Waals surface area contributed by atoms with E-state index in [-0.39, 0.29) is 0 Å². The maximum absolute atomic E-state index is 3.32. The molecule has 0 amide bonds. The maximum Gasteiger partial charge on any atom is 0.0352 e. The smallest absolute Gasteiger partial charge is 0.0352 e. The van der Waals surface area contributed by atoms with Gasteiger partial charge in [-0.15, -0.1) is 0 Å². The number of hydrogen-bond donors (Lipinski definition) is 0. The Kier molecular flexibility index (Phi) is 1.70. The fourth-order valence-electron chi connectivity index (χ4n) is 0.404. The van der Waals surface area contributed by atoms with Crippen LogP contribution >= 0.6 is 31.9 Å². The minimum absolute atomic E-state index is 0.932. The van der Waals surface area contributed by atoms with Crippen molar-refractivity contribution in [2.24, 2.45) is 0 Å². The Morgan fingerprint density at radius 3 is 2.43 bits per heavy atom. The van der Waals surface area contributed by atoms with Gasteiger partial charge in [0.1, 0.15) is 0 Å². The molecule has 0 saturated heterocycles. The van der Waals surface area contributed by atoms with E-state index in [2.05, 4.69) is 44.0 Å². The standard InChI is InChI=1S/C5H3Br2/c6-4-2-1-3-5(4)7/h2H,1H2. The summed E-state index contributed by atoms with van der Waals surface area (Å²) in [7, 11) is 0. The van der Waals surface area contributed by atoms with Gasteiger partial charge in [-0.25, -0.2) is 0 Å². The summed E-state index contributed by atoms with van der Waals surface area (Å²) in [6.07, 6.45) is 6.05. The number of rotatable bonds is 0. The molecule has 0 spiro atoms. The second kappa shape index (κ2) is 2.14. The van der Waals surface area contributed by atoms with Crippen molar-refractivity contribution in [2.75, 3.05) is 0 Å². The Labute approximate surface area is 59.5 Å². The van der Waals surface area contributed by atoms with Gasteiger partial charge in [-0.3, -0.25) is 0 Å². The molecule has 0 heterocycles. The molecular formula is C5H3Br2. The molecule has 37 valence electrons. The van der Waals surface area contributed by atoms with E-state index in [1.165, 1.54) is 0 Å². The molecule has 0 N–H and O–H groups in total. The highest BCUT2D eigenvalue weighted by Crippen LogP contribution is 2.27. The summed E-state index contributed by atoms with van der Waals surface area (Å²) in [5.41, 5.74) is 0. The third kappa shape index (κ3) is 1.16. The van der Waals surface area contributed by atoms with Crippen LogP contribution in [0.3, 0.4) is 0 Å². The van der Waals surface area contributed by atoms with Crippen LogP contribution in [0.4, 0.5) is 0 Å². The van der Waals surface area contributed by atoms with Crippen LogP contribution in [0.2, 0.25) is 0 Å². The quantitative estimate of drug-likeness (QED) is 0.592. The van der Waals surface area contributed by atoms with Gasteiger partial charge in [0.25, 0.3) is 0 Å². The highest BCUT2D eigenvalue weighted by Gasteiger charge is 2.00. The first kappa shape index (κ1) is 5.57. The monoisotopic (exact) mass is 221 g/mol. The first-order chi connectivity index (χ1) is 3.30. The lowest BCUT2D eigenvalue weighted by Gasteiger charge is -1.82. The molecule has 0 atom stereocenters. The van der Waals surface area contributed by atoms with Gasteiger partial charge >= 0.3 is 0 Å². The summed E-state index contributed by atoms with van der Waals surface area (Å²) in [5.74, 6) is 0. The normalized spacial score (nSPS) is 19.1. The van der Waals surface area contributed by atoms with E-state index in [4.69, 9.17) is 0 Å². The molecule has 2 heteroatoms. The van der Waals surface area contributed by atoms with Crippen LogP contribution in [0.1, 0.15) is 6.42 Å². The van der Waals surface area contributed by atoms with E-state index in [9.17, 15) is 0 Å². The Hall–Kier alpha value is 0.440. The van der Waals surface area contributed by atoms with E-state index in [0.717, 1.165) is 15.4 Å². The van der Waals surface area contributed by atoms with Gasteiger partial charge in [0.05, 0.1) is 0 Å². The fourth-order valence-corrected chi connectivity index (χ4v) is 1.03. The van der Waals surface area contributed by atoms with E-state index in [1.54, 1.807) is 0 Å². The average Bonchev–Trinajstić information content (AvgIpc) is 1.91. The van der Waals surface area contributed by atoms with Gasteiger partial charge in [-0.05, 0) is 44.4 Å². The molecule has 0 saturated carbocycles. The largest absolute Gasteiger partial charge is 0.0647 e. The van der Waals surface area contributed by atoms with E-state index in [1.807, 2.05) is 0 Å². The molecule has 1 aliphatic rings. The third-order valence-electron chi connectivity index (χ3n) is 0.748. The van der Waals surface area contributed by atoms with Crippen molar-refractivity contribution in [3.8, 4) is 0 Å². The van der Waals surface area contributed by atoms with Crippen LogP contribution in [-0.4, -0.2) is 0 Å². The molecule has 0 aromatic rings. The van der Waals surface area contributed by atoms with Crippen molar-refractivity contribution in [3.63, 3.8) is 0 Å². The highest BCUT2D eigenvalue weighted by atomic mass is 79.9. The SMILES string of the molecule is BrC1=[C]CC=C1Br. The molecule has 0 aromatic heterocycles. The maximum atomic E-state index is 3.32. The first-order valence-corrected chi connectivity index (χ1v) is 3.51. The zero-order chi connectivity index (χ0) is 5.28. The number of halogens is 2. The molecule has 1 radical (unpaired) electrons. The predicted octanol–water partition coefficient (Wildman–Crippen LogP) is 2.75. The lowest BCUT2D eigenvalue weighted by atomic mass is 10.5. The van der Waals surface area contributed by atoms with E-state index < -0.39 is 0 Å². The zero-order valence-electron chi connectivity index (χ0n) is 3.54. The van der Waals surface area contributed by atoms with Crippen molar-refractivity contribution < 1.29 is 0 Å². The van der Waals surface area contributed by atoms with Crippen molar-refractivity contribution in [1.82, 2.24) is 0 Å². The second-order valence-electron chi connectivity index (χ2n) is 1.25. The van der Waals surface area contributed by atoms with Gasteiger partial charge in [-0.2, -0.15) is 0 Å². The van der Waals surface area contributed by atoms with E-state index >= 15 is 0 Å². The lowest BCUT2D eigenvalue weighted by Crippen LogP contribution is -1.56. The topological polar surface area (TPSA) is 0 Å². The number of allylic oxidation sites excluding steroid dienone is 4. The summed E-state index contributed by atoms with van der Waals surface area (Å²) in [4.78, 5) is 0. The van der Waals surface area contributed by atoms with E-state index in [0.29, 0.717) is 0 Å². The van der Waals surface area contributed by atoms with Crippen LogP contribution in [0.5, 0.6) is 0 Å². The molecule has 0 aliphatic heterocycles. The molecule has 0 aromatic carbocycles. The Morgan fingerprint density at radius 2 is 2.29 bits per heavy atom. The Balaban J connectivity index is 2.78. The summed E-state index contributed by atoms with van der Waals surface area (Å²) < 4.78 is 2.17. The molecule has 0 fully saturated rings. The summed E-state index contributed by atoms with van der Waals surface area (Å²) in [5, 5.41) is 0. The Morgan fingerprint density at radius 1 is 1.57 bits per heavy atom. The van der Waals surface area contributed by atoms with Crippen LogP contribution < -0.4 is 0 Å². The minimum Gasteiger partial charge on any atom is -0.0647 e. The summed E-state index contributed by atoms with van der Waals surface area (Å²) >= 11 is 6.61. The third-order valence-corrected chi connectivity index (χ3v) is 2.71. The van der Waals surface area contributed by atoms with Crippen molar-refractivity contribution >= 4 is 31.9 Å². The molecule has 0 bridgehead atoms. The van der Waals surface area contributed by atoms with Crippen molar-refractivity contribution in [3.05, 3.63) is 21.1 Å². The minimum atomic E-state index is 0.932. The molecule has 1 aliphatic carbocycles. The van der Waals surface area contributed by atoms with Gasteiger partial charge in [-0.1, -0.05) is 6.08 Å². The molecule has 7 heavy (non-hydrogen) atoms. The fraction of sp³-hybridized carbons (Fsp3) is 0.200. The van der Waals surface area contributed by atoms with Gasteiger partial charge in [0.15, 0.2) is 0 Å². The van der Waals surface area contributed by atoms with Crippen LogP contribution in [0.15, 0.2) is 15.0 Å². The molecular weight excluding hydrogens is 220 g/mol. The second-order valence-corrected chi connectivity index (χ2v) is 2.89.